The van der Waals surface area contributed by atoms with Crippen LogP contribution < -0.4 is 14.5 Å². The van der Waals surface area contributed by atoms with Gasteiger partial charge in [-0.1, -0.05) is 24.3 Å². The number of hydrogen-bond donors (Lipinski definition) is 0. The second kappa shape index (κ2) is 9.20. The van der Waals surface area contributed by atoms with E-state index in [1.54, 1.807) is 27.3 Å². The molecule has 4 aromatic rings. The van der Waals surface area contributed by atoms with E-state index in [1.807, 2.05) is 61.5 Å². The van der Waals surface area contributed by atoms with Gasteiger partial charge in [0, 0.05) is 28.9 Å². The van der Waals surface area contributed by atoms with Crippen LogP contribution in [0.5, 0.6) is 5.75 Å². The van der Waals surface area contributed by atoms with Crippen molar-refractivity contribution in [3.63, 3.8) is 0 Å². The molecular formula is C28H24N4O3S. The lowest BCUT2D eigenvalue weighted by molar-refractivity contribution is -0.124. The van der Waals surface area contributed by atoms with Crippen molar-refractivity contribution in [2.75, 3.05) is 29.5 Å². The van der Waals surface area contributed by atoms with Crippen molar-refractivity contribution in [1.29, 1.82) is 0 Å². The number of amides is 2. The van der Waals surface area contributed by atoms with Crippen LogP contribution in [0.15, 0.2) is 66.9 Å². The Kier molecular flexibility index (Phi) is 5.73. The molecule has 2 aliphatic rings. The van der Waals surface area contributed by atoms with Crippen molar-refractivity contribution in [3.05, 3.63) is 77.3 Å². The topological polar surface area (TPSA) is 75.6 Å². The molecule has 2 aromatic carbocycles. The maximum atomic E-state index is 13.4. The van der Waals surface area contributed by atoms with E-state index in [1.165, 1.54) is 0 Å². The van der Waals surface area contributed by atoms with E-state index in [-0.39, 0.29) is 25.0 Å². The number of ether oxygens (including phenoxy) is 1. The second-order valence-electron chi connectivity index (χ2n) is 8.87. The number of fused-ring (bicyclic) bond motifs is 2. The van der Waals surface area contributed by atoms with Crippen molar-refractivity contribution in [1.82, 2.24) is 9.97 Å². The molecule has 0 aliphatic carbocycles. The van der Waals surface area contributed by atoms with Crippen LogP contribution in [-0.4, -0.2) is 41.5 Å². The Balaban J connectivity index is 1.32. The third kappa shape index (κ3) is 4.03. The first-order chi connectivity index (χ1) is 17.6. The predicted molar refractivity (Wildman–Crippen MR) is 140 cm³/mol. The molecule has 2 amide bonds. The van der Waals surface area contributed by atoms with Gasteiger partial charge in [0.2, 0.25) is 5.91 Å². The number of rotatable bonds is 4. The van der Waals surface area contributed by atoms with Gasteiger partial charge in [-0.2, -0.15) is 0 Å². The fraction of sp³-hybridized carbons (Fsp3) is 0.214. The molecule has 6 rings (SSSR count). The number of hydrogen-bond acceptors (Lipinski definition) is 6. The number of benzene rings is 2. The van der Waals surface area contributed by atoms with Gasteiger partial charge in [0.05, 0.1) is 17.1 Å². The SMILES string of the molecule is Cc1sc(-c2ccccn2)nc1-c1ccc2c(c1)N(CC(=O)N1CCCc3ccccc31)C(=O)CO2. The number of nitrogens with zero attached hydrogens (tertiary/aromatic N) is 4. The lowest BCUT2D eigenvalue weighted by Gasteiger charge is -2.34. The van der Waals surface area contributed by atoms with Crippen molar-refractivity contribution in [2.24, 2.45) is 0 Å². The molecule has 0 unspecified atom stereocenters. The molecule has 2 aromatic heterocycles. The van der Waals surface area contributed by atoms with Crippen molar-refractivity contribution >= 4 is 34.5 Å². The number of pyridine rings is 1. The minimum absolute atomic E-state index is 0.0395. The van der Waals surface area contributed by atoms with Gasteiger partial charge in [-0.05, 0) is 61.7 Å². The Morgan fingerprint density at radius 2 is 1.94 bits per heavy atom. The minimum atomic E-state index is -0.234. The van der Waals surface area contributed by atoms with Crippen LogP contribution >= 0.6 is 11.3 Å². The largest absolute Gasteiger partial charge is 0.482 e. The molecule has 2 aliphatic heterocycles. The summed E-state index contributed by atoms with van der Waals surface area (Å²) in [5.74, 6) is 0.251. The molecule has 180 valence electrons. The molecule has 4 heterocycles. The molecule has 0 N–H and O–H groups in total. The van der Waals surface area contributed by atoms with Crippen LogP contribution in [0.2, 0.25) is 0 Å². The van der Waals surface area contributed by atoms with E-state index in [2.05, 4.69) is 11.1 Å². The highest BCUT2D eigenvalue weighted by Gasteiger charge is 2.31. The Morgan fingerprint density at radius 1 is 1.08 bits per heavy atom. The molecule has 0 atom stereocenters. The predicted octanol–water partition coefficient (Wildman–Crippen LogP) is 4.89. The van der Waals surface area contributed by atoms with Gasteiger partial charge in [-0.3, -0.25) is 19.5 Å². The smallest absolute Gasteiger partial charge is 0.265 e. The molecular weight excluding hydrogens is 472 g/mol. The maximum absolute atomic E-state index is 13.4. The van der Waals surface area contributed by atoms with Gasteiger partial charge in [-0.15, -0.1) is 11.3 Å². The number of thiazole rings is 1. The quantitative estimate of drug-likeness (QED) is 0.402. The van der Waals surface area contributed by atoms with E-state index in [4.69, 9.17) is 9.72 Å². The summed E-state index contributed by atoms with van der Waals surface area (Å²) in [5, 5.41) is 0.837. The fourth-order valence-electron chi connectivity index (χ4n) is 4.80. The molecule has 0 fully saturated rings. The van der Waals surface area contributed by atoms with Gasteiger partial charge in [0.15, 0.2) is 6.61 Å². The van der Waals surface area contributed by atoms with Crippen molar-refractivity contribution < 1.29 is 14.3 Å². The van der Waals surface area contributed by atoms with Crippen LogP contribution in [0.4, 0.5) is 11.4 Å². The molecule has 0 spiro atoms. The third-order valence-corrected chi connectivity index (χ3v) is 7.55. The summed E-state index contributed by atoms with van der Waals surface area (Å²) in [6, 6.07) is 19.4. The standard InChI is InChI=1S/C28H24N4O3S/c1-18-27(30-28(36-18)21-9-4-5-13-29-21)20-11-12-24-23(15-20)32(26(34)17-35-24)16-25(33)31-14-6-8-19-7-2-3-10-22(19)31/h2-5,7,9-13,15H,6,8,14,16-17H2,1H3. The average Bonchev–Trinajstić information content (AvgIpc) is 3.31. The zero-order valence-corrected chi connectivity index (χ0v) is 20.6. The fourth-order valence-corrected chi connectivity index (χ4v) is 5.71. The zero-order valence-electron chi connectivity index (χ0n) is 19.8. The molecule has 36 heavy (non-hydrogen) atoms. The lowest BCUT2D eigenvalue weighted by Crippen LogP contribution is -2.47. The maximum Gasteiger partial charge on any atom is 0.265 e. The molecule has 0 saturated carbocycles. The summed E-state index contributed by atoms with van der Waals surface area (Å²) in [6.45, 7) is 2.54. The number of carbonyl (C=O) groups is 2. The summed E-state index contributed by atoms with van der Waals surface area (Å²) in [4.78, 5) is 40.0. The van der Waals surface area contributed by atoms with E-state index in [9.17, 15) is 9.59 Å². The van der Waals surface area contributed by atoms with Crippen LogP contribution in [-0.2, 0) is 16.0 Å². The van der Waals surface area contributed by atoms with Gasteiger partial charge in [0.1, 0.15) is 17.3 Å². The monoisotopic (exact) mass is 496 g/mol. The summed E-state index contributed by atoms with van der Waals surface area (Å²) < 4.78 is 5.70. The summed E-state index contributed by atoms with van der Waals surface area (Å²) in [5.41, 5.74) is 5.21. The summed E-state index contributed by atoms with van der Waals surface area (Å²) >= 11 is 1.58. The molecule has 8 heteroatoms. The van der Waals surface area contributed by atoms with E-state index >= 15 is 0 Å². The van der Waals surface area contributed by atoms with Crippen molar-refractivity contribution in [3.8, 4) is 27.7 Å². The van der Waals surface area contributed by atoms with Gasteiger partial charge < -0.3 is 9.64 Å². The first-order valence-electron chi connectivity index (χ1n) is 11.9. The van der Waals surface area contributed by atoms with Crippen molar-refractivity contribution in [2.45, 2.75) is 19.8 Å². The number of aryl methyl sites for hydroxylation is 2. The van der Waals surface area contributed by atoms with Crippen LogP contribution in [0.1, 0.15) is 16.9 Å². The highest BCUT2D eigenvalue weighted by molar-refractivity contribution is 7.15. The number of anilines is 2. The number of aromatic nitrogens is 2. The first-order valence-corrected chi connectivity index (χ1v) is 12.7. The lowest BCUT2D eigenvalue weighted by atomic mass is 10.0. The third-order valence-electron chi connectivity index (χ3n) is 6.56. The Morgan fingerprint density at radius 3 is 2.81 bits per heavy atom. The van der Waals surface area contributed by atoms with Crippen LogP contribution in [0, 0.1) is 6.92 Å². The zero-order chi connectivity index (χ0) is 24.6. The minimum Gasteiger partial charge on any atom is -0.482 e. The molecule has 0 radical (unpaired) electrons. The second-order valence-corrected chi connectivity index (χ2v) is 10.1. The highest BCUT2D eigenvalue weighted by atomic mass is 32.1. The number of para-hydroxylation sites is 1. The van der Waals surface area contributed by atoms with E-state index in [0.717, 1.165) is 50.9 Å². The molecule has 0 saturated heterocycles. The van der Waals surface area contributed by atoms with Crippen LogP contribution in [0.25, 0.3) is 22.0 Å². The van der Waals surface area contributed by atoms with Gasteiger partial charge in [-0.25, -0.2) is 4.98 Å². The normalized spacial score (nSPS) is 14.8. The molecule has 0 bridgehead atoms. The summed E-state index contributed by atoms with van der Waals surface area (Å²) in [6.07, 6.45) is 3.61. The number of carbonyl (C=O) groups excluding carboxylic acids is 2. The van der Waals surface area contributed by atoms with E-state index < -0.39 is 0 Å². The van der Waals surface area contributed by atoms with Gasteiger partial charge >= 0.3 is 0 Å². The Labute approximate surface area is 213 Å². The average molecular weight is 497 g/mol. The van der Waals surface area contributed by atoms with Gasteiger partial charge in [0.25, 0.3) is 5.91 Å². The molecule has 7 nitrogen and oxygen atoms in total. The Bertz CT molecular complexity index is 1470. The Hall–Kier alpha value is -4.04. The highest BCUT2D eigenvalue weighted by Crippen LogP contribution is 2.39. The van der Waals surface area contributed by atoms with E-state index in [0.29, 0.717) is 18.0 Å². The van der Waals surface area contributed by atoms with Crippen LogP contribution in [0.3, 0.4) is 0 Å². The first kappa shape index (κ1) is 22.4. The summed E-state index contributed by atoms with van der Waals surface area (Å²) in [7, 11) is 0.